The molecule has 0 aliphatic rings. The molecule has 0 heterocycles. The average Bonchev–Trinajstić information content (AvgIpc) is 2.42. The Balaban J connectivity index is 0. The molecule has 0 unspecified atom stereocenters. The molecule has 0 rings (SSSR count). The van der Waals surface area contributed by atoms with Crippen LogP contribution >= 0.6 is 0 Å². The number of aliphatic carboxylic acids is 1. The van der Waals surface area contributed by atoms with Crippen LogP contribution in [0.2, 0.25) is 0 Å². The molecule has 1 amide bonds. The van der Waals surface area contributed by atoms with E-state index in [0.29, 0.717) is 6.54 Å². The molecular weight excluding hydrogens is 291 g/mol. The van der Waals surface area contributed by atoms with Crippen molar-refractivity contribution < 1.29 is 44.3 Å². The van der Waals surface area contributed by atoms with Gasteiger partial charge < -0.3 is 21.0 Å². The third-order valence-electron chi connectivity index (χ3n) is 3.61. The molecule has 124 valence electrons. The summed E-state index contributed by atoms with van der Waals surface area (Å²) in [6, 6.07) is -0.957. The molecule has 22 heavy (non-hydrogen) atoms. The van der Waals surface area contributed by atoms with Crippen LogP contribution in [0, 0.1) is 0 Å². The molecule has 6 heteroatoms. The van der Waals surface area contributed by atoms with E-state index in [2.05, 4.69) is 12.2 Å². The van der Waals surface area contributed by atoms with Gasteiger partial charge in [0.1, 0.15) is 0 Å². The van der Waals surface area contributed by atoms with E-state index in [9.17, 15) is 14.7 Å². The van der Waals surface area contributed by atoms with Gasteiger partial charge in [0, 0.05) is 6.42 Å². The summed E-state index contributed by atoms with van der Waals surface area (Å²) in [5.41, 5.74) is 4.99. The van der Waals surface area contributed by atoms with Crippen molar-refractivity contribution >= 4 is 11.9 Å². The summed E-state index contributed by atoms with van der Waals surface area (Å²) in [5.74, 6) is -1.89. The minimum Gasteiger partial charge on any atom is -0.548 e. The second-order valence-electron chi connectivity index (χ2n) is 5.68. The van der Waals surface area contributed by atoms with E-state index in [1.54, 1.807) is 0 Å². The van der Waals surface area contributed by atoms with Gasteiger partial charge in [0.05, 0.1) is 12.0 Å². The second-order valence-corrected chi connectivity index (χ2v) is 5.68. The van der Waals surface area contributed by atoms with Crippen LogP contribution in [-0.2, 0) is 9.59 Å². The average molecular weight is 322 g/mol. The van der Waals surface area contributed by atoms with E-state index >= 15 is 0 Å². The Morgan fingerprint density at radius 1 is 0.955 bits per heavy atom. The number of carboxylic acid groups (broad SMARTS) is 1. The largest absolute Gasteiger partial charge is 1.00 e. The van der Waals surface area contributed by atoms with Crippen LogP contribution in [0.5, 0.6) is 0 Å². The first-order valence-corrected chi connectivity index (χ1v) is 8.30. The number of hydrogen-bond donors (Lipinski definition) is 2. The quantitative estimate of drug-likeness (QED) is 0.283. The summed E-state index contributed by atoms with van der Waals surface area (Å²) < 4.78 is 0. The number of hydrogen-bond acceptors (Lipinski definition) is 4. The molecule has 0 saturated carbocycles. The van der Waals surface area contributed by atoms with E-state index in [0.717, 1.165) is 12.8 Å². The molecule has 5 nitrogen and oxygen atoms in total. The van der Waals surface area contributed by atoms with Crippen molar-refractivity contribution in [2.24, 2.45) is 5.73 Å². The molecule has 0 aromatic heterocycles. The monoisotopic (exact) mass is 322 g/mol. The predicted molar refractivity (Wildman–Crippen MR) is 82.5 cm³/mol. The van der Waals surface area contributed by atoms with E-state index in [-0.39, 0.29) is 36.0 Å². The SMILES string of the molecule is CCCCCCCCCCCCN[C@@H](CC(N)=O)C(=O)[O-].[Na+]. The normalized spacial score (nSPS) is 11.7. The fourth-order valence-electron chi connectivity index (χ4n) is 2.33. The zero-order valence-electron chi connectivity index (χ0n) is 14.4. The van der Waals surface area contributed by atoms with Crippen molar-refractivity contribution in [2.75, 3.05) is 6.54 Å². The molecule has 0 radical (unpaired) electrons. The van der Waals surface area contributed by atoms with Crippen LogP contribution in [0.1, 0.15) is 77.6 Å². The Kier molecular flexibility index (Phi) is 18.9. The van der Waals surface area contributed by atoms with Gasteiger partial charge in [-0.05, 0) is 13.0 Å². The van der Waals surface area contributed by atoms with Gasteiger partial charge in [-0.3, -0.25) is 4.79 Å². The van der Waals surface area contributed by atoms with Crippen molar-refractivity contribution in [1.29, 1.82) is 0 Å². The van der Waals surface area contributed by atoms with Gasteiger partial charge in [-0.15, -0.1) is 0 Å². The smallest absolute Gasteiger partial charge is 0.548 e. The van der Waals surface area contributed by atoms with Gasteiger partial charge in [0.25, 0.3) is 0 Å². The third-order valence-corrected chi connectivity index (χ3v) is 3.61. The summed E-state index contributed by atoms with van der Waals surface area (Å²) in [6.07, 6.45) is 12.2. The first-order chi connectivity index (χ1) is 10.1. The topological polar surface area (TPSA) is 95.2 Å². The fraction of sp³-hybridized carbons (Fsp3) is 0.875. The Labute approximate surface area is 157 Å². The van der Waals surface area contributed by atoms with Crippen LogP contribution < -0.4 is 45.7 Å². The molecule has 1 atom stereocenters. The Bertz CT molecular complexity index is 289. The number of primary amides is 1. The van der Waals surface area contributed by atoms with Crippen LogP contribution in [0.15, 0.2) is 0 Å². The summed E-state index contributed by atoms with van der Waals surface area (Å²) in [6.45, 7) is 2.81. The van der Waals surface area contributed by atoms with Crippen molar-refractivity contribution in [3.8, 4) is 0 Å². The molecule has 0 spiro atoms. The molecule has 0 fully saturated rings. The van der Waals surface area contributed by atoms with Crippen LogP contribution in [0.4, 0.5) is 0 Å². The van der Waals surface area contributed by atoms with Gasteiger partial charge >= 0.3 is 29.6 Å². The molecule has 0 aliphatic carbocycles. The van der Waals surface area contributed by atoms with Crippen molar-refractivity contribution in [3.05, 3.63) is 0 Å². The summed E-state index contributed by atoms with van der Waals surface area (Å²) in [7, 11) is 0. The van der Waals surface area contributed by atoms with Gasteiger partial charge in [-0.1, -0.05) is 64.7 Å². The minimum atomic E-state index is -1.26. The predicted octanol–water partition coefficient (Wildman–Crippen LogP) is -1.51. The number of carboxylic acids is 1. The third kappa shape index (κ3) is 16.3. The maximum atomic E-state index is 10.8. The van der Waals surface area contributed by atoms with Crippen molar-refractivity contribution in [3.63, 3.8) is 0 Å². The van der Waals surface area contributed by atoms with Gasteiger partial charge in [-0.2, -0.15) is 0 Å². The molecule has 3 N–H and O–H groups in total. The summed E-state index contributed by atoms with van der Waals surface area (Å²) in [4.78, 5) is 21.5. The standard InChI is InChI=1S/C16H32N2O3.Na/c1-2-3-4-5-6-7-8-9-10-11-12-18-14(16(20)21)13-15(17)19;/h14,18H,2-13H2,1H3,(H2,17,19)(H,20,21);/q;+1/p-1/t14-;/m0./s1. The molecule has 0 saturated heterocycles. The number of carbonyl (C=O) groups is 2. The van der Waals surface area contributed by atoms with Crippen LogP contribution in [-0.4, -0.2) is 24.5 Å². The van der Waals surface area contributed by atoms with Crippen molar-refractivity contribution in [1.82, 2.24) is 5.32 Å². The maximum Gasteiger partial charge on any atom is 1.00 e. The number of carbonyl (C=O) groups excluding carboxylic acids is 2. The Morgan fingerprint density at radius 2 is 1.41 bits per heavy atom. The number of unbranched alkanes of at least 4 members (excludes halogenated alkanes) is 9. The number of nitrogens with one attached hydrogen (secondary N) is 1. The van der Waals surface area contributed by atoms with Crippen LogP contribution in [0.25, 0.3) is 0 Å². The van der Waals surface area contributed by atoms with Crippen molar-refractivity contribution in [2.45, 2.75) is 83.6 Å². The number of nitrogens with two attached hydrogens (primary N) is 1. The zero-order chi connectivity index (χ0) is 15.9. The van der Waals surface area contributed by atoms with E-state index in [4.69, 9.17) is 5.73 Å². The van der Waals surface area contributed by atoms with E-state index in [1.807, 2.05) is 0 Å². The minimum absolute atomic E-state index is 0. The van der Waals surface area contributed by atoms with Gasteiger partial charge in [-0.25, -0.2) is 0 Å². The zero-order valence-corrected chi connectivity index (χ0v) is 16.4. The number of amides is 1. The molecule has 0 bridgehead atoms. The van der Waals surface area contributed by atoms with Gasteiger partial charge in [0.15, 0.2) is 0 Å². The maximum absolute atomic E-state index is 10.8. The number of rotatable bonds is 15. The summed E-state index contributed by atoms with van der Waals surface area (Å²) in [5, 5.41) is 13.6. The second kappa shape index (κ2) is 17.3. The first-order valence-electron chi connectivity index (χ1n) is 8.30. The molecule has 0 aromatic carbocycles. The van der Waals surface area contributed by atoms with Gasteiger partial charge in [0.2, 0.25) is 5.91 Å². The Hall–Kier alpha value is -0.100. The summed E-state index contributed by atoms with van der Waals surface area (Å²) >= 11 is 0. The first kappa shape index (κ1) is 24.2. The Morgan fingerprint density at radius 3 is 1.82 bits per heavy atom. The fourth-order valence-corrected chi connectivity index (χ4v) is 2.33. The van der Waals surface area contributed by atoms with Crippen LogP contribution in [0.3, 0.4) is 0 Å². The van der Waals surface area contributed by atoms with E-state index < -0.39 is 17.9 Å². The molecular formula is C16H31N2NaO3. The van der Waals surface area contributed by atoms with E-state index in [1.165, 1.54) is 51.4 Å². The molecule has 0 aromatic rings. The molecule has 0 aliphatic heterocycles.